The molecule has 140 valence electrons. The molecular weight excluding hydrogens is 350 g/mol. The van der Waals surface area contributed by atoms with Gasteiger partial charge in [-0.15, -0.1) is 0 Å². The predicted octanol–water partition coefficient (Wildman–Crippen LogP) is 2.90. The largest absolute Gasteiger partial charge is 0.495 e. The first kappa shape index (κ1) is 18.4. The maximum atomic E-state index is 12.7. The lowest BCUT2D eigenvalue weighted by Gasteiger charge is -2.19. The minimum atomic E-state index is -0.610. The van der Waals surface area contributed by atoms with Gasteiger partial charge in [0, 0.05) is 19.0 Å². The number of methoxy groups -OCH3 is 1. The number of hydrogen-bond donors (Lipinski definition) is 1. The van der Waals surface area contributed by atoms with E-state index in [1.54, 1.807) is 43.3 Å². The van der Waals surface area contributed by atoms with Crippen molar-refractivity contribution in [1.29, 1.82) is 0 Å². The molecule has 1 N–H and O–H groups in total. The summed E-state index contributed by atoms with van der Waals surface area (Å²) in [5.41, 5.74) is 1.18. The fourth-order valence-corrected chi connectivity index (χ4v) is 3.16. The molecule has 1 fully saturated rings. The van der Waals surface area contributed by atoms with E-state index in [4.69, 9.17) is 4.74 Å². The first-order valence-corrected chi connectivity index (χ1v) is 8.40. The summed E-state index contributed by atoms with van der Waals surface area (Å²) in [6.45, 7) is 1.87. The Bertz CT molecular complexity index is 912. The van der Waals surface area contributed by atoms with Crippen molar-refractivity contribution < 1.29 is 19.2 Å². The minimum Gasteiger partial charge on any atom is -0.495 e. The van der Waals surface area contributed by atoms with Crippen molar-refractivity contribution >= 4 is 28.9 Å². The Balaban J connectivity index is 1.80. The van der Waals surface area contributed by atoms with E-state index in [0.717, 1.165) is 0 Å². The molecule has 0 aliphatic carbocycles. The Morgan fingerprint density at radius 1 is 1.26 bits per heavy atom. The van der Waals surface area contributed by atoms with E-state index in [2.05, 4.69) is 5.32 Å². The smallest absolute Gasteiger partial charge is 0.293 e. The molecule has 1 aliphatic heterocycles. The number of nitro benzene ring substituents is 1. The molecule has 2 aromatic carbocycles. The molecule has 27 heavy (non-hydrogen) atoms. The topological polar surface area (TPSA) is 102 Å². The van der Waals surface area contributed by atoms with Crippen LogP contribution in [-0.2, 0) is 9.59 Å². The van der Waals surface area contributed by atoms with Gasteiger partial charge in [-0.3, -0.25) is 19.7 Å². The van der Waals surface area contributed by atoms with E-state index < -0.39 is 16.7 Å². The standard InChI is InChI=1S/C19H19N3O5/c1-12-6-5-8-15(22(25)26)18(12)20-19(24)13-10-17(23)21(11-13)14-7-3-4-9-16(14)27-2/h3-9,13H,10-11H2,1-2H3,(H,20,24). The van der Waals surface area contributed by atoms with Gasteiger partial charge in [0.2, 0.25) is 11.8 Å². The second-order valence-corrected chi connectivity index (χ2v) is 6.29. The third-order valence-corrected chi connectivity index (χ3v) is 4.57. The van der Waals surface area contributed by atoms with E-state index in [0.29, 0.717) is 17.0 Å². The van der Waals surface area contributed by atoms with Gasteiger partial charge >= 0.3 is 0 Å². The Kier molecular flexibility index (Phi) is 5.07. The SMILES string of the molecule is COc1ccccc1N1CC(C(=O)Nc2c(C)cccc2[N+](=O)[O-])CC1=O. The number of carbonyl (C=O) groups is 2. The maximum absolute atomic E-state index is 12.7. The van der Waals surface area contributed by atoms with Crippen LogP contribution in [0.1, 0.15) is 12.0 Å². The number of nitrogens with one attached hydrogen (secondary N) is 1. The summed E-state index contributed by atoms with van der Waals surface area (Å²) in [7, 11) is 1.51. The maximum Gasteiger partial charge on any atom is 0.293 e. The first-order valence-electron chi connectivity index (χ1n) is 8.40. The van der Waals surface area contributed by atoms with Gasteiger partial charge in [0.15, 0.2) is 0 Å². The molecule has 2 amide bonds. The molecule has 1 saturated heterocycles. The van der Waals surface area contributed by atoms with Gasteiger partial charge in [-0.1, -0.05) is 24.3 Å². The van der Waals surface area contributed by atoms with Crippen LogP contribution in [0.25, 0.3) is 0 Å². The van der Waals surface area contributed by atoms with Gasteiger partial charge in [0.05, 0.1) is 23.6 Å². The summed E-state index contributed by atoms with van der Waals surface area (Å²) in [5, 5.41) is 13.8. The molecule has 1 aliphatic rings. The van der Waals surface area contributed by atoms with Crippen molar-refractivity contribution in [2.45, 2.75) is 13.3 Å². The van der Waals surface area contributed by atoms with Crippen molar-refractivity contribution in [3.63, 3.8) is 0 Å². The van der Waals surface area contributed by atoms with Crippen LogP contribution in [-0.4, -0.2) is 30.4 Å². The molecule has 0 saturated carbocycles. The number of para-hydroxylation sites is 3. The van der Waals surface area contributed by atoms with Crippen LogP contribution >= 0.6 is 0 Å². The van der Waals surface area contributed by atoms with Crippen LogP contribution in [0.2, 0.25) is 0 Å². The van der Waals surface area contributed by atoms with Crippen LogP contribution in [0.4, 0.5) is 17.1 Å². The quantitative estimate of drug-likeness (QED) is 0.645. The van der Waals surface area contributed by atoms with Crippen LogP contribution in [0.15, 0.2) is 42.5 Å². The zero-order valence-corrected chi connectivity index (χ0v) is 15.0. The van der Waals surface area contributed by atoms with E-state index in [-0.39, 0.29) is 30.2 Å². The third kappa shape index (κ3) is 3.59. The summed E-state index contributed by atoms with van der Waals surface area (Å²) in [4.78, 5) is 37.3. The van der Waals surface area contributed by atoms with Gasteiger partial charge in [-0.2, -0.15) is 0 Å². The molecule has 0 bridgehead atoms. The van der Waals surface area contributed by atoms with Crippen molar-refractivity contribution in [2.24, 2.45) is 5.92 Å². The molecule has 2 aromatic rings. The highest BCUT2D eigenvalue weighted by atomic mass is 16.6. The van der Waals surface area contributed by atoms with Gasteiger partial charge in [-0.25, -0.2) is 0 Å². The van der Waals surface area contributed by atoms with E-state index in [1.165, 1.54) is 18.1 Å². The first-order chi connectivity index (χ1) is 12.9. The van der Waals surface area contributed by atoms with E-state index in [1.807, 2.05) is 0 Å². The second kappa shape index (κ2) is 7.45. The highest BCUT2D eigenvalue weighted by Gasteiger charge is 2.37. The zero-order valence-electron chi connectivity index (χ0n) is 15.0. The monoisotopic (exact) mass is 369 g/mol. The summed E-state index contributed by atoms with van der Waals surface area (Å²) < 4.78 is 5.29. The number of ether oxygens (including phenoxy) is 1. The van der Waals surface area contributed by atoms with Crippen molar-refractivity contribution in [3.05, 3.63) is 58.1 Å². The molecular formula is C19H19N3O5. The Labute approximate surface area is 155 Å². The number of rotatable bonds is 5. The van der Waals surface area contributed by atoms with Crippen LogP contribution < -0.4 is 15.0 Å². The number of anilines is 2. The van der Waals surface area contributed by atoms with E-state index in [9.17, 15) is 19.7 Å². The van der Waals surface area contributed by atoms with Crippen LogP contribution in [0.3, 0.4) is 0 Å². The van der Waals surface area contributed by atoms with Crippen molar-refractivity contribution in [3.8, 4) is 5.75 Å². The molecule has 3 rings (SSSR count). The van der Waals surface area contributed by atoms with Crippen LogP contribution in [0.5, 0.6) is 5.75 Å². The summed E-state index contributed by atoms with van der Waals surface area (Å²) in [6.07, 6.45) is 0.0313. The number of nitro groups is 1. The zero-order chi connectivity index (χ0) is 19.6. The summed E-state index contributed by atoms with van der Waals surface area (Å²) in [5.74, 6) is -0.680. The molecule has 8 nitrogen and oxygen atoms in total. The number of amides is 2. The highest BCUT2D eigenvalue weighted by Crippen LogP contribution is 2.34. The Morgan fingerprint density at radius 3 is 2.70 bits per heavy atom. The normalized spacial score (nSPS) is 16.3. The molecule has 1 atom stereocenters. The van der Waals surface area contributed by atoms with Crippen molar-refractivity contribution in [2.75, 3.05) is 23.9 Å². The fraction of sp³-hybridized carbons (Fsp3) is 0.263. The summed E-state index contributed by atoms with van der Waals surface area (Å²) in [6, 6.07) is 11.7. The Morgan fingerprint density at radius 2 is 2.00 bits per heavy atom. The lowest BCUT2D eigenvalue weighted by Crippen LogP contribution is -2.28. The molecule has 0 spiro atoms. The third-order valence-electron chi connectivity index (χ3n) is 4.57. The molecule has 0 radical (unpaired) electrons. The second-order valence-electron chi connectivity index (χ2n) is 6.29. The lowest BCUT2D eigenvalue weighted by molar-refractivity contribution is -0.384. The average molecular weight is 369 g/mol. The predicted molar refractivity (Wildman–Crippen MR) is 99.9 cm³/mol. The Hall–Kier alpha value is -3.42. The highest BCUT2D eigenvalue weighted by molar-refractivity contribution is 6.05. The molecule has 1 heterocycles. The fourth-order valence-electron chi connectivity index (χ4n) is 3.16. The molecule has 8 heteroatoms. The number of carbonyl (C=O) groups excluding carboxylic acids is 2. The van der Waals surface area contributed by atoms with Gasteiger partial charge < -0.3 is 15.0 Å². The van der Waals surface area contributed by atoms with E-state index >= 15 is 0 Å². The van der Waals surface area contributed by atoms with Gasteiger partial charge in [0.1, 0.15) is 11.4 Å². The number of benzene rings is 2. The number of aryl methyl sites for hydroxylation is 1. The minimum absolute atomic E-state index is 0.0313. The van der Waals surface area contributed by atoms with Gasteiger partial charge in [0.25, 0.3) is 5.69 Å². The molecule has 0 aromatic heterocycles. The van der Waals surface area contributed by atoms with Crippen molar-refractivity contribution in [1.82, 2.24) is 0 Å². The number of hydrogen-bond acceptors (Lipinski definition) is 5. The van der Waals surface area contributed by atoms with Crippen LogP contribution in [0, 0.1) is 23.0 Å². The lowest BCUT2D eigenvalue weighted by atomic mass is 10.1. The number of nitrogens with zero attached hydrogens (tertiary/aromatic N) is 2. The summed E-state index contributed by atoms with van der Waals surface area (Å²) >= 11 is 0. The average Bonchev–Trinajstić information content (AvgIpc) is 3.04. The molecule has 1 unspecified atom stereocenters. The van der Waals surface area contributed by atoms with Gasteiger partial charge in [-0.05, 0) is 24.6 Å².